The van der Waals surface area contributed by atoms with E-state index >= 15 is 0 Å². The fourth-order valence-electron chi connectivity index (χ4n) is 1.62. The van der Waals surface area contributed by atoms with Crippen LogP contribution in [0.15, 0.2) is 4.99 Å². The second kappa shape index (κ2) is 5.22. The maximum absolute atomic E-state index is 4.63. The van der Waals surface area contributed by atoms with Crippen LogP contribution in [0.2, 0.25) is 0 Å². The zero-order valence-electron chi connectivity index (χ0n) is 9.01. The molecule has 0 unspecified atom stereocenters. The number of piperazine rings is 1. The highest BCUT2D eigenvalue weighted by Gasteiger charge is 2.12. The van der Waals surface area contributed by atoms with Gasteiger partial charge in [-0.15, -0.1) is 0 Å². The average Bonchev–Trinajstić information content (AvgIpc) is 2.15. The van der Waals surface area contributed by atoms with Crippen LogP contribution in [-0.2, 0) is 0 Å². The van der Waals surface area contributed by atoms with E-state index in [-0.39, 0.29) is 0 Å². The molecule has 1 saturated heterocycles. The highest BCUT2D eigenvalue weighted by atomic mass is 15.2. The molecule has 0 aromatic carbocycles. The lowest BCUT2D eigenvalue weighted by atomic mass is 10.3. The first-order chi connectivity index (χ1) is 6.24. The zero-order valence-corrected chi connectivity index (χ0v) is 9.01. The monoisotopic (exact) mass is 183 g/mol. The number of hydrogen-bond donors (Lipinski definition) is 1. The molecule has 0 saturated carbocycles. The van der Waals surface area contributed by atoms with Gasteiger partial charge < -0.3 is 10.2 Å². The highest BCUT2D eigenvalue weighted by Crippen LogP contribution is 2.01. The molecular weight excluding hydrogens is 162 g/mol. The van der Waals surface area contributed by atoms with Crippen molar-refractivity contribution in [2.75, 3.05) is 26.2 Å². The van der Waals surface area contributed by atoms with Crippen LogP contribution in [0.1, 0.15) is 27.2 Å². The van der Waals surface area contributed by atoms with Crippen molar-refractivity contribution in [2.24, 2.45) is 4.99 Å². The van der Waals surface area contributed by atoms with Crippen LogP contribution in [0, 0.1) is 0 Å². The number of rotatable bonds is 2. The lowest BCUT2D eigenvalue weighted by Crippen LogP contribution is -2.46. The predicted molar refractivity (Wildman–Crippen MR) is 57.3 cm³/mol. The van der Waals surface area contributed by atoms with E-state index in [9.17, 15) is 0 Å². The molecule has 1 fully saturated rings. The van der Waals surface area contributed by atoms with E-state index in [4.69, 9.17) is 0 Å². The Hall–Kier alpha value is -0.570. The molecule has 1 heterocycles. The van der Waals surface area contributed by atoms with Crippen molar-refractivity contribution < 1.29 is 0 Å². The standard InChI is InChI=1S/C10H21N3/c1-4-10(12-9(2)3)13-7-5-11-6-8-13/h9,11H,4-8H2,1-3H3/b12-10+. The smallest absolute Gasteiger partial charge is 0.0990 e. The van der Waals surface area contributed by atoms with E-state index in [1.54, 1.807) is 0 Å². The fourth-order valence-corrected chi connectivity index (χ4v) is 1.62. The topological polar surface area (TPSA) is 27.6 Å². The Bertz CT molecular complexity index is 169. The van der Waals surface area contributed by atoms with Crippen LogP contribution >= 0.6 is 0 Å². The first-order valence-corrected chi connectivity index (χ1v) is 5.26. The van der Waals surface area contributed by atoms with E-state index in [0.717, 1.165) is 32.6 Å². The molecule has 1 aliphatic rings. The van der Waals surface area contributed by atoms with Crippen LogP contribution in [0.3, 0.4) is 0 Å². The van der Waals surface area contributed by atoms with E-state index in [1.807, 2.05) is 0 Å². The second-order valence-corrected chi connectivity index (χ2v) is 3.73. The van der Waals surface area contributed by atoms with Crippen molar-refractivity contribution >= 4 is 5.84 Å². The van der Waals surface area contributed by atoms with Gasteiger partial charge in [0, 0.05) is 38.6 Å². The van der Waals surface area contributed by atoms with Crippen molar-refractivity contribution in [3.8, 4) is 0 Å². The van der Waals surface area contributed by atoms with Crippen LogP contribution < -0.4 is 5.32 Å². The Morgan fingerprint density at radius 2 is 2.00 bits per heavy atom. The minimum atomic E-state index is 0.421. The minimum absolute atomic E-state index is 0.421. The Balaban J connectivity index is 2.53. The Kier molecular flexibility index (Phi) is 4.22. The molecule has 0 spiro atoms. The molecule has 0 aromatic heterocycles. The zero-order chi connectivity index (χ0) is 9.68. The van der Waals surface area contributed by atoms with Gasteiger partial charge >= 0.3 is 0 Å². The summed E-state index contributed by atoms with van der Waals surface area (Å²) in [6.45, 7) is 10.9. The quantitative estimate of drug-likeness (QED) is 0.513. The van der Waals surface area contributed by atoms with Crippen LogP contribution in [0.4, 0.5) is 0 Å². The van der Waals surface area contributed by atoms with E-state index in [2.05, 4.69) is 36.0 Å². The lowest BCUT2D eigenvalue weighted by molar-refractivity contribution is 0.350. The third-order valence-corrected chi connectivity index (χ3v) is 2.21. The molecule has 0 amide bonds. The van der Waals surface area contributed by atoms with Gasteiger partial charge in [-0.1, -0.05) is 6.92 Å². The summed E-state index contributed by atoms with van der Waals surface area (Å²) in [5.74, 6) is 1.27. The van der Waals surface area contributed by atoms with Crippen molar-refractivity contribution in [2.45, 2.75) is 33.2 Å². The molecule has 13 heavy (non-hydrogen) atoms. The van der Waals surface area contributed by atoms with Gasteiger partial charge in [0.15, 0.2) is 0 Å². The van der Waals surface area contributed by atoms with Gasteiger partial charge in [0.05, 0.1) is 5.84 Å². The summed E-state index contributed by atoms with van der Waals surface area (Å²) >= 11 is 0. The molecule has 0 atom stereocenters. The van der Waals surface area contributed by atoms with Gasteiger partial charge in [0.2, 0.25) is 0 Å². The van der Waals surface area contributed by atoms with Crippen molar-refractivity contribution in [3.63, 3.8) is 0 Å². The number of aliphatic imine (C=N–C) groups is 1. The molecule has 3 nitrogen and oxygen atoms in total. The third-order valence-electron chi connectivity index (χ3n) is 2.21. The Morgan fingerprint density at radius 3 is 2.46 bits per heavy atom. The first-order valence-electron chi connectivity index (χ1n) is 5.26. The van der Waals surface area contributed by atoms with Crippen LogP contribution in [-0.4, -0.2) is 43.0 Å². The molecular formula is C10H21N3. The van der Waals surface area contributed by atoms with Gasteiger partial charge in [-0.3, -0.25) is 4.99 Å². The third kappa shape index (κ3) is 3.35. The van der Waals surface area contributed by atoms with Gasteiger partial charge in [0.25, 0.3) is 0 Å². The number of nitrogens with one attached hydrogen (secondary N) is 1. The summed E-state index contributed by atoms with van der Waals surface area (Å²) in [4.78, 5) is 7.03. The molecule has 0 radical (unpaired) electrons. The van der Waals surface area contributed by atoms with Gasteiger partial charge in [-0.05, 0) is 13.8 Å². The molecule has 0 bridgehead atoms. The molecule has 0 aromatic rings. The second-order valence-electron chi connectivity index (χ2n) is 3.73. The maximum atomic E-state index is 4.63. The summed E-state index contributed by atoms with van der Waals surface area (Å²) in [5.41, 5.74) is 0. The van der Waals surface area contributed by atoms with Gasteiger partial charge in [-0.2, -0.15) is 0 Å². The lowest BCUT2D eigenvalue weighted by Gasteiger charge is -2.30. The highest BCUT2D eigenvalue weighted by molar-refractivity contribution is 5.82. The van der Waals surface area contributed by atoms with Crippen molar-refractivity contribution in [1.82, 2.24) is 10.2 Å². The van der Waals surface area contributed by atoms with E-state index < -0.39 is 0 Å². The average molecular weight is 183 g/mol. The largest absolute Gasteiger partial charge is 0.358 e. The summed E-state index contributed by atoms with van der Waals surface area (Å²) in [6.07, 6.45) is 1.05. The number of nitrogens with zero attached hydrogens (tertiary/aromatic N) is 2. The molecule has 1 aliphatic heterocycles. The first kappa shape index (κ1) is 10.5. The van der Waals surface area contributed by atoms with E-state index in [0.29, 0.717) is 6.04 Å². The molecule has 3 heteroatoms. The van der Waals surface area contributed by atoms with Crippen LogP contribution in [0.5, 0.6) is 0 Å². The molecule has 1 N–H and O–H groups in total. The Morgan fingerprint density at radius 1 is 1.38 bits per heavy atom. The van der Waals surface area contributed by atoms with Gasteiger partial charge in [0.1, 0.15) is 0 Å². The molecule has 1 rings (SSSR count). The number of amidine groups is 1. The molecule has 76 valence electrons. The maximum Gasteiger partial charge on any atom is 0.0990 e. The summed E-state index contributed by atoms with van der Waals surface area (Å²) in [6, 6.07) is 0.421. The van der Waals surface area contributed by atoms with Gasteiger partial charge in [-0.25, -0.2) is 0 Å². The summed E-state index contributed by atoms with van der Waals surface area (Å²) < 4.78 is 0. The summed E-state index contributed by atoms with van der Waals surface area (Å²) in [5, 5.41) is 3.35. The fraction of sp³-hybridized carbons (Fsp3) is 0.900. The predicted octanol–water partition coefficient (Wildman–Crippen LogP) is 1.11. The Labute approximate surface area is 81.2 Å². The van der Waals surface area contributed by atoms with Crippen molar-refractivity contribution in [1.29, 1.82) is 0 Å². The van der Waals surface area contributed by atoms with Crippen LogP contribution in [0.25, 0.3) is 0 Å². The minimum Gasteiger partial charge on any atom is -0.358 e. The summed E-state index contributed by atoms with van der Waals surface area (Å²) in [7, 11) is 0. The van der Waals surface area contributed by atoms with E-state index in [1.165, 1.54) is 5.84 Å². The molecule has 0 aliphatic carbocycles. The normalized spacial score (nSPS) is 19.7. The SMILES string of the molecule is CC/C(=N\C(C)C)N1CCNCC1. The number of hydrogen-bond acceptors (Lipinski definition) is 2. The van der Waals surface area contributed by atoms with Crippen molar-refractivity contribution in [3.05, 3.63) is 0 Å².